The lowest BCUT2D eigenvalue weighted by molar-refractivity contribution is -0.137. The third-order valence-electron chi connectivity index (χ3n) is 3.28. The van der Waals surface area contributed by atoms with Crippen LogP contribution >= 0.6 is 22.9 Å². The minimum atomic E-state index is -4.43. The first-order chi connectivity index (χ1) is 9.77. The van der Waals surface area contributed by atoms with E-state index in [1.807, 2.05) is 0 Å². The minimum absolute atomic E-state index is 0.271. The maximum absolute atomic E-state index is 12.8. The molecule has 0 spiro atoms. The number of hydrogen-bond donors (Lipinski definition) is 0. The zero-order valence-electron chi connectivity index (χ0n) is 10.7. The summed E-state index contributed by atoms with van der Waals surface area (Å²) in [5, 5.41) is 1.26. The smallest absolute Gasteiger partial charge is 0.289 e. The summed E-state index contributed by atoms with van der Waals surface area (Å²) < 4.78 is 39.2. The predicted molar refractivity (Wildman–Crippen MR) is 80.4 cm³/mol. The molecule has 0 amide bonds. The van der Waals surface area contributed by atoms with Crippen molar-refractivity contribution in [1.82, 2.24) is 0 Å². The van der Waals surface area contributed by atoms with Crippen molar-refractivity contribution >= 4 is 43.1 Å². The van der Waals surface area contributed by atoms with Gasteiger partial charge in [0.1, 0.15) is 0 Å². The van der Waals surface area contributed by atoms with E-state index in [1.165, 1.54) is 6.07 Å². The predicted octanol–water partition coefficient (Wildman–Crippen LogP) is 5.40. The molecule has 1 heterocycles. The van der Waals surface area contributed by atoms with Gasteiger partial charge in [-0.2, -0.15) is 13.2 Å². The van der Waals surface area contributed by atoms with Crippen molar-refractivity contribution in [3.8, 4) is 0 Å². The molecular weight excluding hydrogens is 321 g/mol. The highest BCUT2D eigenvalue weighted by Gasteiger charge is 2.30. The average molecular weight is 329 g/mol. The fourth-order valence-corrected chi connectivity index (χ4v) is 3.52. The topological polar surface area (TPSA) is 17.1 Å². The lowest BCUT2D eigenvalue weighted by atomic mass is 10.1. The molecule has 0 aliphatic heterocycles. The van der Waals surface area contributed by atoms with Crippen molar-refractivity contribution in [2.75, 3.05) is 0 Å². The summed E-state index contributed by atoms with van der Waals surface area (Å²) in [4.78, 5) is 12.4. The number of alkyl halides is 3. The van der Waals surface area contributed by atoms with Crippen LogP contribution in [0.15, 0.2) is 35.1 Å². The third kappa shape index (κ3) is 2.40. The zero-order valence-corrected chi connectivity index (χ0v) is 12.3. The van der Waals surface area contributed by atoms with Crippen LogP contribution in [0.1, 0.15) is 11.1 Å². The van der Waals surface area contributed by atoms with Crippen LogP contribution in [-0.2, 0) is 6.18 Å². The summed E-state index contributed by atoms with van der Waals surface area (Å²) in [6.45, 7) is 1.78. The van der Waals surface area contributed by atoms with Crippen molar-refractivity contribution in [2.45, 2.75) is 13.1 Å². The number of hydrogen-bond acceptors (Lipinski definition) is 2. The Hall–Kier alpha value is -1.59. The normalized spacial score (nSPS) is 12.2. The molecule has 0 N–H and O–H groups in total. The van der Waals surface area contributed by atoms with E-state index in [1.54, 1.807) is 19.1 Å². The van der Waals surface area contributed by atoms with Crippen LogP contribution < -0.4 is 5.43 Å². The van der Waals surface area contributed by atoms with Gasteiger partial charge in [-0.05, 0) is 42.8 Å². The van der Waals surface area contributed by atoms with Gasteiger partial charge in [0.2, 0.25) is 0 Å². The van der Waals surface area contributed by atoms with E-state index in [0.717, 1.165) is 29.0 Å². The van der Waals surface area contributed by atoms with Gasteiger partial charge in [-0.3, -0.25) is 4.79 Å². The molecule has 21 heavy (non-hydrogen) atoms. The number of benzene rings is 2. The second kappa shape index (κ2) is 4.71. The van der Waals surface area contributed by atoms with Gasteiger partial charge in [-0.15, -0.1) is 11.3 Å². The van der Waals surface area contributed by atoms with Crippen molar-refractivity contribution in [3.63, 3.8) is 0 Å². The summed E-state index contributed by atoms with van der Waals surface area (Å²) in [7, 11) is 0. The monoisotopic (exact) mass is 328 g/mol. The van der Waals surface area contributed by atoms with Gasteiger partial charge in [0.05, 0.1) is 5.56 Å². The van der Waals surface area contributed by atoms with Crippen LogP contribution in [0.25, 0.3) is 20.2 Å². The maximum atomic E-state index is 12.8. The second-order valence-electron chi connectivity index (χ2n) is 4.74. The molecule has 1 nitrogen and oxygen atoms in total. The molecule has 0 unspecified atom stereocenters. The molecule has 108 valence electrons. The molecule has 0 saturated carbocycles. The number of aryl methyl sites for hydroxylation is 1. The molecule has 1 aromatic heterocycles. The van der Waals surface area contributed by atoms with Gasteiger partial charge in [-0.1, -0.05) is 11.6 Å². The number of halogens is 4. The highest BCUT2D eigenvalue weighted by atomic mass is 35.5. The Labute approximate surface area is 126 Å². The molecule has 3 aromatic rings. The van der Waals surface area contributed by atoms with Crippen LogP contribution in [0.3, 0.4) is 0 Å². The van der Waals surface area contributed by atoms with E-state index >= 15 is 0 Å². The van der Waals surface area contributed by atoms with Crippen LogP contribution in [-0.4, -0.2) is 0 Å². The fourth-order valence-electron chi connectivity index (χ4n) is 2.16. The van der Waals surface area contributed by atoms with Crippen molar-refractivity contribution in [3.05, 3.63) is 56.7 Å². The standard InChI is InChI=1S/C15H8ClF3OS/c1-7-4-10-13(6-11(7)16)21-12-5-8(15(17,18)19)2-3-9(12)14(10)20/h2-6H,1H3. The Bertz CT molecular complexity index is 928. The lowest BCUT2D eigenvalue weighted by Crippen LogP contribution is -2.06. The van der Waals surface area contributed by atoms with E-state index in [4.69, 9.17) is 11.6 Å². The summed E-state index contributed by atoms with van der Waals surface area (Å²) in [5.41, 5.74) is -0.268. The van der Waals surface area contributed by atoms with Crippen molar-refractivity contribution < 1.29 is 13.2 Å². The average Bonchev–Trinajstić information content (AvgIpc) is 2.40. The van der Waals surface area contributed by atoms with Crippen LogP contribution in [0.4, 0.5) is 13.2 Å². The van der Waals surface area contributed by atoms with Crippen molar-refractivity contribution in [1.29, 1.82) is 0 Å². The van der Waals surface area contributed by atoms with E-state index in [0.29, 0.717) is 25.2 Å². The maximum Gasteiger partial charge on any atom is 0.416 e. The summed E-state index contributed by atoms with van der Waals surface area (Å²) >= 11 is 7.15. The molecule has 0 radical (unpaired) electrons. The van der Waals surface area contributed by atoms with Gasteiger partial charge in [0.25, 0.3) is 0 Å². The lowest BCUT2D eigenvalue weighted by Gasteiger charge is -2.08. The first-order valence-electron chi connectivity index (χ1n) is 6.01. The van der Waals surface area contributed by atoms with Crippen LogP contribution in [0, 0.1) is 6.92 Å². The molecule has 0 saturated heterocycles. The van der Waals surface area contributed by atoms with Crippen LogP contribution in [0.5, 0.6) is 0 Å². The van der Waals surface area contributed by atoms with E-state index in [9.17, 15) is 18.0 Å². The first-order valence-corrected chi connectivity index (χ1v) is 7.21. The molecule has 0 aliphatic rings. The molecule has 6 heteroatoms. The highest BCUT2D eigenvalue weighted by molar-refractivity contribution is 7.24. The minimum Gasteiger partial charge on any atom is -0.289 e. The summed E-state index contributed by atoms with van der Waals surface area (Å²) in [6.07, 6.45) is -4.43. The number of rotatable bonds is 0. The molecular formula is C15H8ClF3OS. The molecule has 0 atom stereocenters. The molecule has 2 aromatic carbocycles. The van der Waals surface area contributed by atoms with E-state index < -0.39 is 11.7 Å². The Morgan fingerprint density at radius 2 is 1.71 bits per heavy atom. The van der Waals surface area contributed by atoms with Crippen LogP contribution in [0.2, 0.25) is 5.02 Å². The van der Waals surface area contributed by atoms with Gasteiger partial charge in [0.15, 0.2) is 5.43 Å². The first kappa shape index (κ1) is 14.4. The van der Waals surface area contributed by atoms with Crippen molar-refractivity contribution in [2.24, 2.45) is 0 Å². The highest BCUT2D eigenvalue weighted by Crippen LogP contribution is 2.34. The SMILES string of the molecule is Cc1cc2c(=O)c3ccc(C(F)(F)F)cc3sc2cc1Cl. The molecule has 0 bridgehead atoms. The largest absolute Gasteiger partial charge is 0.416 e. The Morgan fingerprint density at radius 1 is 1.05 bits per heavy atom. The number of fused-ring (bicyclic) bond motifs is 2. The van der Waals surface area contributed by atoms with E-state index in [2.05, 4.69) is 0 Å². The Balaban J connectivity index is 2.42. The second-order valence-corrected chi connectivity index (χ2v) is 6.23. The van der Waals surface area contributed by atoms with Gasteiger partial charge >= 0.3 is 6.18 Å². The fraction of sp³-hybridized carbons (Fsp3) is 0.133. The molecule has 0 fully saturated rings. The quantitative estimate of drug-likeness (QED) is 0.505. The van der Waals surface area contributed by atoms with Gasteiger partial charge in [-0.25, -0.2) is 0 Å². The van der Waals surface area contributed by atoms with E-state index in [-0.39, 0.29) is 5.43 Å². The molecule has 0 aliphatic carbocycles. The summed E-state index contributed by atoms with van der Waals surface area (Å²) in [6, 6.07) is 6.48. The Kier molecular flexibility index (Phi) is 3.22. The summed E-state index contributed by atoms with van der Waals surface area (Å²) in [5.74, 6) is 0. The third-order valence-corrected chi connectivity index (χ3v) is 4.80. The molecule has 3 rings (SSSR count). The zero-order chi connectivity index (χ0) is 15.4. The Morgan fingerprint density at radius 3 is 2.38 bits per heavy atom. The van der Waals surface area contributed by atoms with Gasteiger partial charge < -0.3 is 0 Å². The van der Waals surface area contributed by atoms with Gasteiger partial charge in [0, 0.05) is 25.2 Å².